The SMILES string of the molecule is CCCNC(=O)Cc1ccc(N(Cc2ccc(C)cc2)C(=O)c2ccco2)cc1. The van der Waals surface area contributed by atoms with Crippen molar-refractivity contribution in [3.05, 3.63) is 89.4 Å². The van der Waals surface area contributed by atoms with Crippen LogP contribution in [0.5, 0.6) is 0 Å². The zero-order chi connectivity index (χ0) is 20.6. The Morgan fingerprint density at radius 1 is 0.966 bits per heavy atom. The van der Waals surface area contributed by atoms with Crippen LogP contribution in [0.1, 0.15) is 40.6 Å². The molecule has 3 rings (SSSR count). The van der Waals surface area contributed by atoms with Gasteiger partial charge in [0.2, 0.25) is 5.91 Å². The number of nitrogens with zero attached hydrogens (tertiary/aromatic N) is 1. The number of aryl methyl sites for hydroxylation is 1. The molecule has 0 aliphatic heterocycles. The summed E-state index contributed by atoms with van der Waals surface area (Å²) in [5.41, 5.74) is 3.86. The number of nitrogens with one attached hydrogen (secondary N) is 1. The molecule has 0 aliphatic rings. The lowest BCUT2D eigenvalue weighted by atomic mass is 10.1. The van der Waals surface area contributed by atoms with Crippen LogP contribution < -0.4 is 10.2 Å². The molecule has 0 radical (unpaired) electrons. The first-order chi connectivity index (χ1) is 14.1. The van der Waals surface area contributed by atoms with Gasteiger partial charge >= 0.3 is 0 Å². The van der Waals surface area contributed by atoms with Crippen LogP contribution in [0.15, 0.2) is 71.3 Å². The number of anilines is 1. The van der Waals surface area contributed by atoms with Crippen LogP contribution in [0.25, 0.3) is 0 Å². The van der Waals surface area contributed by atoms with Gasteiger partial charge in [-0.1, -0.05) is 48.9 Å². The van der Waals surface area contributed by atoms with Gasteiger partial charge in [-0.2, -0.15) is 0 Å². The lowest BCUT2D eigenvalue weighted by Gasteiger charge is -2.22. The molecular formula is C24H26N2O3. The van der Waals surface area contributed by atoms with Crippen molar-refractivity contribution in [2.45, 2.75) is 33.2 Å². The third kappa shape index (κ3) is 5.57. The summed E-state index contributed by atoms with van der Waals surface area (Å²) in [5.74, 6) is 0.0897. The molecule has 0 fully saturated rings. The van der Waals surface area contributed by atoms with Gasteiger partial charge in [-0.25, -0.2) is 0 Å². The highest BCUT2D eigenvalue weighted by molar-refractivity contribution is 6.04. The Morgan fingerprint density at radius 3 is 2.28 bits per heavy atom. The fourth-order valence-electron chi connectivity index (χ4n) is 3.00. The fourth-order valence-corrected chi connectivity index (χ4v) is 3.00. The molecule has 0 spiro atoms. The van der Waals surface area contributed by atoms with Gasteiger partial charge in [0.15, 0.2) is 5.76 Å². The second-order valence-corrected chi connectivity index (χ2v) is 7.05. The number of carbonyl (C=O) groups is 2. The monoisotopic (exact) mass is 390 g/mol. The van der Waals surface area contributed by atoms with E-state index in [0.717, 1.165) is 23.2 Å². The van der Waals surface area contributed by atoms with E-state index < -0.39 is 0 Å². The van der Waals surface area contributed by atoms with Gasteiger partial charge in [-0.3, -0.25) is 9.59 Å². The van der Waals surface area contributed by atoms with E-state index in [1.165, 1.54) is 11.8 Å². The molecule has 1 N–H and O–H groups in total. The quantitative estimate of drug-likeness (QED) is 0.616. The number of furan rings is 1. The average Bonchev–Trinajstić information content (AvgIpc) is 3.27. The first-order valence-electron chi connectivity index (χ1n) is 9.83. The number of rotatable bonds is 8. The largest absolute Gasteiger partial charge is 0.459 e. The predicted molar refractivity (Wildman–Crippen MR) is 114 cm³/mol. The second-order valence-electron chi connectivity index (χ2n) is 7.05. The third-order valence-corrected chi connectivity index (χ3v) is 4.62. The van der Waals surface area contributed by atoms with E-state index in [2.05, 4.69) is 5.32 Å². The van der Waals surface area contributed by atoms with Gasteiger partial charge in [-0.05, 0) is 48.7 Å². The summed E-state index contributed by atoms with van der Waals surface area (Å²) in [6.07, 6.45) is 2.73. The van der Waals surface area contributed by atoms with Crippen molar-refractivity contribution in [2.75, 3.05) is 11.4 Å². The maximum absolute atomic E-state index is 13.0. The number of hydrogen-bond acceptors (Lipinski definition) is 3. The highest BCUT2D eigenvalue weighted by Gasteiger charge is 2.20. The predicted octanol–water partition coefficient (Wildman–Crippen LogP) is 4.50. The molecule has 0 atom stereocenters. The van der Waals surface area contributed by atoms with Crippen LogP contribution in [0, 0.1) is 6.92 Å². The molecule has 0 aliphatic carbocycles. The molecule has 0 unspecified atom stereocenters. The number of carbonyl (C=O) groups excluding carboxylic acids is 2. The molecule has 1 aromatic heterocycles. The summed E-state index contributed by atoms with van der Waals surface area (Å²) in [4.78, 5) is 26.6. The maximum atomic E-state index is 13.0. The Morgan fingerprint density at radius 2 is 1.66 bits per heavy atom. The average molecular weight is 390 g/mol. The lowest BCUT2D eigenvalue weighted by Crippen LogP contribution is -2.30. The molecule has 29 heavy (non-hydrogen) atoms. The Kier molecular flexibility index (Phi) is 6.85. The lowest BCUT2D eigenvalue weighted by molar-refractivity contribution is -0.120. The number of amides is 2. The van der Waals surface area contributed by atoms with Crippen molar-refractivity contribution in [1.82, 2.24) is 5.32 Å². The van der Waals surface area contributed by atoms with Crippen LogP contribution in [0.4, 0.5) is 5.69 Å². The molecule has 5 heteroatoms. The van der Waals surface area contributed by atoms with Crippen molar-refractivity contribution in [3.63, 3.8) is 0 Å². The number of benzene rings is 2. The third-order valence-electron chi connectivity index (χ3n) is 4.62. The van der Waals surface area contributed by atoms with Gasteiger partial charge in [0.1, 0.15) is 0 Å². The summed E-state index contributed by atoms with van der Waals surface area (Å²) in [6, 6.07) is 19.0. The van der Waals surface area contributed by atoms with Crippen LogP contribution in [-0.2, 0) is 17.8 Å². The van der Waals surface area contributed by atoms with Crippen molar-refractivity contribution >= 4 is 17.5 Å². The molecule has 0 saturated heterocycles. The summed E-state index contributed by atoms with van der Waals surface area (Å²) >= 11 is 0. The Hall–Kier alpha value is -3.34. The molecule has 150 valence electrons. The first-order valence-corrected chi connectivity index (χ1v) is 9.83. The Bertz CT molecular complexity index is 929. The van der Waals surface area contributed by atoms with E-state index in [1.807, 2.05) is 62.4 Å². The zero-order valence-corrected chi connectivity index (χ0v) is 16.9. The smallest absolute Gasteiger partial charge is 0.294 e. The zero-order valence-electron chi connectivity index (χ0n) is 16.9. The van der Waals surface area contributed by atoms with E-state index in [4.69, 9.17) is 4.42 Å². The Balaban J connectivity index is 1.80. The normalized spacial score (nSPS) is 10.6. The highest BCUT2D eigenvalue weighted by atomic mass is 16.3. The van der Waals surface area contributed by atoms with Gasteiger partial charge < -0.3 is 14.6 Å². The van der Waals surface area contributed by atoms with Gasteiger partial charge in [0, 0.05) is 12.2 Å². The summed E-state index contributed by atoms with van der Waals surface area (Å²) in [7, 11) is 0. The summed E-state index contributed by atoms with van der Waals surface area (Å²) < 4.78 is 5.32. The minimum Gasteiger partial charge on any atom is -0.459 e. The molecule has 5 nitrogen and oxygen atoms in total. The maximum Gasteiger partial charge on any atom is 0.294 e. The van der Waals surface area contributed by atoms with E-state index >= 15 is 0 Å². The van der Waals surface area contributed by atoms with Crippen LogP contribution in [-0.4, -0.2) is 18.4 Å². The Labute approximate surface area is 171 Å². The summed E-state index contributed by atoms with van der Waals surface area (Å²) in [5, 5.41) is 2.88. The van der Waals surface area contributed by atoms with E-state index in [0.29, 0.717) is 25.3 Å². The van der Waals surface area contributed by atoms with Gasteiger partial charge in [0.05, 0.1) is 19.2 Å². The van der Waals surface area contributed by atoms with Gasteiger partial charge in [-0.15, -0.1) is 0 Å². The molecule has 2 aromatic carbocycles. The molecule has 1 heterocycles. The van der Waals surface area contributed by atoms with Crippen LogP contribution >= 0.6 is 0 Å². The van der Waals surface area contributed by atoms with Crippen molar-refractivity contribution in [1.29, 1.82) is 0 Å². The molecule has 2 amide bonds. The minimum absolute atomic E-state index is 0.00257. The summed E-state index contributed by atoms with van der Waals surface area (Å²) in [6.45, 7) is 5.16. The van der Waals surface area contributed by atoms with Gasteiger partial charge in [0.25, 0.3) is 5.91 Å². The first kappa shape index (κ1) is 20.4. The van der Waals surface area contributed by atoms with E-state index in [-0.39, 0.29) is 11.8 Å². The van der Waals surface area contributed by atoms with E-state index in [1.54, 1.807) is 17.0 Å². The topological polar surface area (TPSA) is 62.6 Å². The fraction of sp³-hybridized carbons (Fsp3) is 0.250. The molecule has 0 bridgehead atoms. The second kappa shape index (κ2) is 9.73. The minimum atomic E-state index is -0.205. The molecular weight excluding hydrogens is 364 g/mol. The highest BCUT2D eigenvalue weighted by Crippen LogP contribution is 2.22. The van der Waals surface area contributed by atoms with Crippen molar-refractivity contribution in [3.8, 4) is 0 Å². The standard InChI is InChI=1S/C24H26N2O3/c1-3-14-25-23(27)16-19-10-12-21(13-11-19)26(24(28)22-5-4-15-29-22)17-20-8-6-18(2)7-9-20/h4-13,15H,3,14,16-17H2,1-2H3,(H,25,27). The molecule has 3 aromatic rings. The van der Waals surface area contributed by atoms with Crippen molar-refractivity contribution in [2.24, 2.45) is 0 Å². The number of hydrogen-bond donors (Lipinski definition) is 1. The van der Waals surface area contributed by atoms with Crippen LogP contribution in [0.2, 0.25) is 0 Å². The van der Waals surface area contributed by atoms with Crippen molar-refractivity contribution < 1.29 is 14.0 Å². The van der Waals surface area contributed by atoms with E-state index in [9.17, 15) is 9.59 Å². The molecule has 0 saturated carbocycles. The van der Waals surface area contributed by atoms with Crippen LogP contribution in [0.3, 0.4) is 0 Å².